The van der Waals surface area contributed by atoms with Crippen LogP contribution in [0, 0.1) is 0 Å². The van der Waals surface area contributed by atoms with Gasteiger partial charge in [0.1, 0.15) is 0 Å². The quantitative estimate of drug-likeness (QED) is 0.782. The smallest absolute Gasteiger partial charge is 0.0940 e. The van der Waals surface area contributed by atoms with Gasteiger partial charge in [0.05, 0.1) is 19.3 Å². The summed E-state index contributed by atoms with van der Waals surface area (Å²) in [4.78, 5) is 0. The van der Waals surface area contributed by atoms with Crippen molar-refractivity contribution in [3.63, 3.8) is 0 Å². The summed E-state index contributed by atoms with van der Waals surface area (Å²) in [5.74, 6) is 0.426. The highest BCUT2D eigenvalue weighted by molar-refractivity contribution is 5.34. The van der Waals surface area contributed by atoms with Crippen LogP contribution in [0.25, 0.3) is 0 Å². The second kappa shape index (κ2) is 4.31. The summed E-state index contributed by atoms with van der Waals surface area (Å²) < 4.78 is 5.17. The first-order valence-corrected chi connectivity index (χ1v) is 5.30. The molecule has 3 nitrogen and oxygen atoms in total. The van der Waals surface area contributed by atoms with Gasteiger partial charge < -0.3 is 15.6 Å². The van der Waals surface area contributed by atoms with Crippen LogP contribution in [-0.2, 0) is 4.74 Å². The molecule has 1 aliphatic rings. The third kappa shape index (κ3) is 2.04. The lowest BCUT2D eigenvalue weighted by molar-refractivity contribution is 0.00693. The maximum atomic E-state index is 9.98. The van der Waals surface area contributed by atoms with Crippen molar-refractivity contribution in [2.75, 3.05) is 13.2 Å². The van der Waals surface area contributed by atoms with Crippen molar-refractivity contribution in [3.05, 3.63) is 35.4 Å². The highest BCUT2D eigenvalue weighted by atomic mass is 16.5. The zero-order valence-electron chi connectivity index (χ0n) is 8.89. The van der Waals surface area contributed by atoms with Crippen molar-refractivity contribution in [1.29, 1.82) is 0 Å². The van der Waals surface area contributed by atoms with Crippen LogP contribution in [0.5, 0.6) is 0 Å². The number of rotatable bonds is 3. The fraction of sp³-hybridized carbons (Fsp3) is 0.500. The fourth-order valence-corrected chi connectivity index (χ4v) is 1.85. The van der Waals surface area contributed by atoms with Crippen LogP contribution in [0.2, 0.25) is 0 Å². The molecule has 1 heterocycles. The van der Waals surface area contributed by atoms with Crippen LogP contribution in [0.4, 0.5) is 0 Å². The van der Waals surface area contributed by atoms with Gasteiger partial charge in [-0.15, -0.1) is 0 Å². The molecule has 15 heavy (non-hydrogen) atoms. The summed E-state index contributed by atoms with van der Waals surface area (Å²) in [5.41, 5.74) is 7.83. The van der Waals surface area contributed by atoms with E-state index in [-0.39, 0.29) is 6.04 Å². The van der Waals surface area contributed by atoms with E-state index in [0.717, 1.165) is 18.8 Å². The first kappa shape index (κ1) is 10.6. The summed E-state index contributed by atoms with van der Waals surface area (Å²) >= 11 is 0. The van der Waals surface area contributed by atoms with Crippen molar-refractivity contribution in [1.82, 2.24) is 0 Å². The monoisotopic (exact) mass is 207 g/mol. The van der Waals surface area contributed by atoms with Crippen LogP contribution in [0.15, 0.2) is 24.3 Å². The number of hydrogen-bond acceptors (Lipinski definition) is 3. The van der Waals surface area contributed by atoms with Crippen molar-refractivity contribution >= 4 is 0 Å². The minimum atomic E-state index is -0.582. The standard InChI is InChI=1S/C12H17NO2/c1-8(13)12(14)11-5-3-2-4-10(11)9-6-15-7-9/h2-5,8-9,12,14H,6-7,13H2,1H3. The van der Waals surface area contributed by atoms with E-state index in [4.69, 9.17) is 10.5 Å². The van der Waals surface area contributed by atoms with E-state index < -0.39 is 6.10 Å². The van der Waals surface area contributed by atoms with Gasteiger partial charge in [-0.3, -0.25) is 0 Å². The molecule has 2 unspecified atom stereocenters. The van der Waals surface area contributed by atoms with Crippen LogP contribution < -0.4 is 5.73 Å². The first-order chi connectivity index (χ1) is 7.20. The first-order valence-electron chi connectivity index (χ1n) is 5.30. The summed E-state index contributed by atoms with van der Waals surface area (Å²) in [5, 5.41) is 9.98. The second-order valence-corrected chi connectivity index (χ2v) is 4.17. The Hall–Kier alpha value is -0.900. The van der Waals surface area contributed by atoms with E-state index in [2.05, 4.69) is 0 Å². The lowest BCUT2D eigenvalue weighted by Crippen LogP contribution is -2.30. The Kier molecular flexibility index (Phi) is 3.05. The van der Waals surface area contributed by atoms with Crippen LogP contribution in [0.3, 0.4) is 0 Å². The topological polar surface area (TPSA) is 55.5 Å². The van der Waals surface area contributed by atoms with Crippen molar-refractivity contribution in [2.24, 2.45) is 5.73 Å². The highest BCUT2D eigenvalue weighted by Crippen LogP contribution is 2.30. The number of benzene rings is 1. The predicted molar refractivity (Wildman–Crippen MR) is 58.6 cm³/mol. The van der Waals surface area contributed by atoms with Gasteiger partial charge in [-0.2, -0.15) is 0 Å². The van der Waals surface area contributed by atoms with E-state index in [1.54, 1.807) is 0 Å². The molecule has 1 fully saturated rings. The summed E-state index contributed by atoms with van der Waals surface area (Å²) in [7, 11) is 0. The lowest BCUT2D eigenvalue weighted by atomic mass is 9.89. The maximum absolute atomic E-state index is 9.98. The molecule has 3 N–H and O–H groups in total. The zero-order chi connectivity index (χ0) is 10.8. The van der Waals surface area contributed by atoms with E-state index in [1.165, 1.54) is 5.56 Å². The Morgan fingerprint density at radius 1 is 1.40 bits per heavy atom. The molecule has 0 amide bonds. The summed E-state index contributed by atoms with van der Waals surface area (Å²) in [6.45, 7) is 3.32. The van der Waals surface area contributed by atoms with E-state index in [1.807, 2.05) is 31.2 Å². The Morgan fingerprint density at radius 3 is 2.60 bits per heavy atom. The molecule has 2 rings (SSSR count). The van der Waals surface area contributed by atoms with E-state index >= 15 is 0 Å². The number of aliphatic hydroxyl groups excluding tert-OH is 1. The minimum absolute atomic E-state index is 0.243. The van der Waals surface area contributed by atoms with Crippen LogP contribution in [0.1, 0.15) is 30.1 Å². The number of hydrogen-bond donors (Lipinski definition) is 2. The predicted octanol–water partition coefficient (Wildman–Crippen LogP) is 1.18. The van der Waals surface area contributed by atoms with Gasteiger partial charge in [-0.05, 0) is 18.1 Å². The average Bonchev–Trinajstić information content (AvgIpc) is 2.15. The average molecular weight is 207 g/mol. The fourth-order valence-electron chi connectivity index (χ4n) is 1.85. The third-order valence-corrected chi connectivity index (χ3v) is 2.89. The molecule has 0 saturated carbocycles. The molecule has 2 atom stereocenters. The molecule has 1 saturated heterocycles. The van der Waals surface area contributed by atoms with Gasteiger partial charge in [0.25, 0.3) is 0 Å². The molecule has 0 aromatic heterocycles. The van der Waals surface area contributed by atoms with Crippen LogP contribution in [-0.4, -0.2) is 24.4 Å². The molecule has 0 bridgehead atoms. The maximum Gasteiger partial charge on any atom is 0.0940 e. The number of aliphatic hydroxyl groups is 1. The molecule has 0 spiro atoms. The van der Waals surface area contributed by atoms with Gasteiger partial charge in [-0.1, -0.05) is 24.3 Å². The summed E-state index contributed by atoms with van der Waals surface area (Å²) in [6, 6.07) is 7.68. The van der Waals surface area contributed by atoms with Gasteiger partial charge in [-0.25, -0.2) is 0 Å². The molecule has 0 aliphatic carbocycles. The Bertz CT molecular complexity index is 334. The minimum Gasteiger partial charge on any atom is -0.387 e. The Labute approximate surface area is 89.9 Å². The lowest BCUT2D eigenvalue weighted by Gasteiger charge is -2.30. The molecule has 1 aromatic carbocycles. The second-order valence-electron chi connectivity index (χ2n) is 4.17. The zero-order valence-corrected chi connectivity index (χ0v) is 8.89. The highest BCUT2D eigenvalue weighted by Gasteiger charge is 2.26. The number of ether oxygens (including phenoxy) is 1. The largest absolute Gasteiger partial charge is 0.387 e. The molecular formula is C12H17NO2. The van der Waals surface area contributed by atoms with Gasteiger partial charge >= 0.3 is 0 Å². The van der Waals surface area contributed by atoms with Crippen molar-refractivity contribution in [2.45, 2.75) is 25.0 Å². The van der Waals surface area contributed by atoms with Gasteiger partial charge in [0.2, 0.25) is 0 Å². The summed E-state index contributed by atoms with van der Waals surface area (Å²) in [6.07, 6.45) is -0.582. The molecule has 1 aliphatic heterocycles. The van der Waals surface area contributed by atoms with Gasteiger partial charge in [0, 0.05) is 12.0 Å². The van der Waals surface area contributed by atoms with Crippen LogP contribution >= 0.6 is 0 Å². The van der Waals surface area contributed by atoms with E-state index in [0.29, 0.717) is 5.92 Å². The number of nitrogens with two attached hydrogens (primary N) is 1. The Morgan fingerprint density at radius 2 is 2.07 bits per heavy atom. The van der Waals surface area contributed by atoms with E-state index in [9.17, 15) is 5.11 Å². The molecule has 0 radical (unpaired) electrons. The van der Waals surface area contributed by atoms with Gasteiger partial charge in [0.15, 0.2) is 0 Å². The normalized spacial score (nSPS) is 20.7. The SMILES string of the molecule is CC(N)C(O)c1ccccc1C1COC1. The molecule has 3 heteroatoms. The molecule has 1 aromatic rings. The van der Waals surface area contributed by atoms with Crippen molar-refractivity contribution in [3.8, 4) is 0 Å². The molecular weight excluding hydrogens is 190 g/mol. The van der Waals surface area contributed by atoms with Crippen molar-refractivity contribution < 1.29 is 9.84 Å². The Balaban J connectivity index is 2.28. The molecule has 82 valence electrons. The third-order valence-electron chi connectivity index (χ3n) is 2.89.